The Morgan fingerprint density at radius 3 is 1.27 bits per heavy atom. The van der Waals surface area contributed by atoms with E-state index in [0.717, 1.165) is 9.36 Å². The Hall–Kier alpha value is -7.91. The minimum atomic E-state index is -0.776. The third-order valence-electron chi connectivity index (χ3n) is 7.77. The number of nitrogens with zero attached hydrogens (tertiary/aromatic N) is 8. The molecule has 0 saturated carbocycles. The summed E-state index contributed by atoms with van der Waals surface area (Å²) < 4.78 is 12.0. The smallest absolute Gasteiger partial charge is 0.359 e. The first-order valence-corrected chi connectivity index (χ1v) is 17.0. The number of non-ortho nitro benzene ring substituents is 2. The van der Waals surface area contributed by atoms with Gasteiger partial charge in [-0.2, -0.15) is 19.6 Å². The molecule has 59 heavy (non-hydrogen) atoms. The number of carbonyl (C=O) groups excluding carboxylic acids is 2. The van der Waals surface area contributed by atoms with Crippen molar-refractivity contribution in [3.63, 3.8) is 0 Å². The first-order chi connectivity index (χ1) is 27.8. The van der Waals surface area contributed by atoms with Gasteiger partial charge in [0, 0.05) is 53.5 Å². The topological polar surface area (TPSA) is 280 Å². The number of benzene rings is 4. The molecule has 0 aliphatic carbocycles. The molecule has 20 nitrogen and oxygen atoms in total. The van der Waals surface area contributed by atoms with E-state index in [2.05, 4.69) is 20.2 Å². The van der Waals surface area contributed by atoms with E-state index in [1.165, 1.54) is 73.1 Å². The maximum absolute atomic E-state index is 12.3. The van der Waals surface area contributed by atoms with Gasteiger partial charge in [0.05, 0.1) is 45.6 Å². The second-order valence-electron chi connectivity index (χ2n) is 11.5. The molecule has 21 heteroatoms. The van der Waals surface area contributed by atoms with Gasteiger partial charge in [0.25, 0.3) is 11.4 Å². The SMILES string of the molecule is CCOC(=O)c1nn(-c2ccc([N+](=O)[O-])cc2)c(O)c1C=Nc1ccccc1O.CCOC(=O)c1nn(-c2ccc([N+](=O)[O-])cc2)c(O)c1C=Nc1ccccc1O.[Co]. The zero-order valence-electron chi connectivity index (χ0n) is 30.8. The average molecular weight is 852 g/mol. The molecule has 0 aliphatic rings. The molecule has 6 rings (SSSR count). The summed E-state index contributed by atoms with van der Waals surface area (Å²) in [4.78, 5) is 53.3. The van der Waals surface area contributed by atoms with Crippen LogP contribution in [-0.2, 0) is 26.3 Å². The van der Waals surface area contributed by atoms with Crippen LogP contribution in [0.25, 0.3) is 11.4 Å². The normalized spacial score (nSPS) is 10.7. The summed E-state index contributed by atoms with van der Waals surface area (Å²) in [5.41, 5.74) is 0.342. The summed E-state index contributed by atoms with van der Waals surface area (Å²) in [5.74, 6) is -2.54. The first-order valence-electron chi connectivity index (χ1n) is 17.0. The molecule has 4 N–H and O–H groups in total. The number of aliphatic imine (C=N–C) groups is 2. The molecule has 0 saturated heterocycles. The van der Waals surface area contributed by atoms with Crippen molar-refractivity contribution in [2.45, 2.75) is 13.8 Å². The number of hydrogen-bond acceptors (Lipinski definition) is 16. The molecule has 0 aliphatic heterocycles. The van der Waals surface area contributed by atoms with Gasteiger partial charge in [0.2, 0.25) is 11.8 Å². The number of aromatic hydroxyl groups is 4. The molecule has 0 unspecified atom stereocenters. The van der Waals surface area contributed by atoms with Gasteiger partial charge in [-0.3, -0.25) is 30.2 Å². The molecule has 0 fully saturated rings. The van der Waals surface area contributed by atoms with Crippen LogP contribution in [0.15, 0.2) is 107 Å². The van der Waals surface area contributed by atoms with Gasteiger partial charge in [0.1, 0.15) is 22.9 Å². The van der Waals surface area contributed by atoms with Gasteiger partial charge in [-0.15, -0.1) is 0 Å². The predicted octanol–water partition coefficient (Wildman–Crippen LogP) is 6.24. The van der Waals surface area contributed by atoms with Crippen molar-refractivity contribution >= 4 is 47.1 Å². The number of nitro groups is 2. The van der Waals surface area contributed by atoms with Crippen LogP contribution in [0.3, 0.4) is 0 Å². The van der Waals surface area contributed by atoms with E-state index in [9.17, 15) is 50.2 Å². The van der Waals surface area contributed by atoms with E-state index in [1.54, 1.807) is 50.2 Å². The van der Waals surface area contributed by atoms with E-state index in [0.29, 0.717) is 11.4 Å². The third-order valence-corrected chi connectivity index (χ3v) is 7.77. The predicted molar refractivity (Wildman–Crippen MR) is 206 cm³/mol. The number of phenols is 2. The summed E-state index contributed by atoms with van der Waals surface area (Å²) in [6, 6.07) is 23.1. The second kappa shape index (κ2) is 19.8. The van der Waals surface area contributed by atoms with Crippen molar-refractivity contribution in [1.29, 1.82) is 0 Å². The van der Waals surface area contributed by atoms with Gasteiger partial charge in [0.15, 0.2) is 11.4 Å². The molecule has 305 valence electrons. The monoisotopic (exact) mass is 851 g/mol. The van der Waals surface area contributed by atoms with Crippen LogP contribution >= 0.6 is 0 Å². The zero-order valence-corrected chi connectivity index (χ0v) is 31.8. The fraction of sp³-hybridized carbons (Fsp3) is 0.105. The van der Waals surface area contributed by atoms with Crippen molar-refractivity contribution in [3.8, 4) is 34.6 Å². The fourth-order valence-corrected chi connectivity index (χ4v) is 4.99. The van der Waals surface area contributed by atoms with Crippen LogP contribution in [0.2, 0.25) is 0 Å². The van der Waals surface area contributed by atoms with Gasteiger partial charge in [-0.1, -0.05) is 24.3 Å². The van der Waals surface area contributed by atoms with E-state index in [4.69, 9.17) is 9.47 Å². The maximum atomic E-state index is 12.3. The third kappa shape index (κ3) is 10.3. The standard InChI is InChI=1S/2C19H16N4O6.Co/c2*1-2-29-19(26)17-14(11-20-15-5-3-4-6-16(15)24)18(25)22(21-17)12-7-9-13(10-8-12)23(27)28;/h2*3-11,24-25H,2H2,1H3;. The number of ether oxygens (including phenoxy) is 2. The molecule has 0 spiro atoms. The molecular weight excluding hydrogens is 819 g/mol. The number of rotatable bonds is 12. The van der Waals surface area contributed by atoms with Gasteiger partial charge in [-0.25, -0.2) is 9.59 Å². The largest absolute Gasteiger partial charge is 0.506 e. The number of para-hydroxylation sites is 4. The van der Waals surface area contributed by atoms with Crippen LogP contribution in [0.5, 0.6) is 23.3 Å². The zero-order chi connectivity index (χ0) is 41.9. The Morgan fingerprint density at radius 1 is 0.627 bits per heavy atom. The Labute approximate surface area is 343 Å². The summed E-state index contributed by atoms with van der Waals surface area (Å²) in [7, 11) is 0. The van der Waals surface area contributed by atoms with E-state index in [1.807, 2.05) is 0 Å². The Balaban J connectivity index is 0.000000256. The van der Waals surface area contributed by atoms with Crippen LogP contribution in [0.4, 0.5) is 22.7 Å². The molecule has 1 radical (unpaired) electrons. The first kappa shape index (κ1) is 43.8. The van der Waals surface area contributed by atoms with Gasteiger partial charge < -0.3 is 29.9 Å². The molecule has 2 aromatic heterocycles. The molecular formula is C38H32CoN8O12. The van der Waals surface area contributed by atoms with E-state index in [-0.39, 0.29) is 86.8 Å². The number of hydrogen-bond donors (Lipinski definition) is 4. The van der Waals surface area contributed by atoms with Crippen molar-refractivity contribution in [2.24, 2.45) is 9.98 Å². The van der Waals surface area contributed by atoms with Gasteiger partial charge in [-0.05, 0) is 62.4 Å². The Morgan fingerprint density at radius 2 is 0.966 bits per heavy atom. The maximum Gasteiger partial charge on any atom is 0.359 e. The van der Waals surface area contributed by atoms with Crippen LogP contribution in [0, 0.1) is 20.2 Å². The molecule has 6 aromatic rings. The minimum Gasteiger partial charge on any atom is -0.506 e. The van der Waals surface area contributed by atoms with Crippen LogP contribution < -0.4 is 0 Å². The van der Waals surface area contributed by atoms with E-state index >= 15 is 0 Å². The van der Waals surface area contributed by atoms with E-state index < -0.39 is 33.5 Å². The number of aromatic nitrogens is 4. The van der Waals surface area contributed by atoms with Crippen molar-refractivity contribution in [2.75, 3.05) is 13.2 Å². The summed E-state index contributed by atoms with van der Waals surface area (Å²) in [5, 5.41) is 70.7. The van der Waals surface area contributed by atoms with Crippen molar-refractivity contribution in [3.05, 3.63) is 140 Å². The summed E-state index contributed by atoms with van der Waals surface area (Å²) in [6.07, 6.45) is 2.37. The molecule has 0 amide bonds. The van der Waals surface area contributed by atoms with Crippen molar-refractivity contribution < 1.29 is 66.1 Å². The molecule has 4 aromatic carbocycles. The number of esters is 2. The quantitative estimate of drug-likeness (QED) is 0.0459. The molecule has 2 heterocycles. The molecule has 0 atom stereocenters. The van der Waals surface area contributed by atoms with Gasteiger partial charge >= 0.3 is 11.9 Å². The average Bonchev–Trinajstić information content (AvgIpc) is 3.73. The van der Waals surface area contributed by atoms with Crippen LogP contribution in [-0.4, -0.2) is 87.4 Å². The number of carbonyl (C=O) groups is 2. The Bertz CT molecular complexity index is 2360. The summed E-state index contributed by atoms with van der Waals surface area (Å²) >= 11 is 0. The second-order valence-corrected chi connectivity index (χ2v) is 11.5. The number of nitro benzene ring substituents is 2. The van der Waals surface area contributed by atoms with Crippen molar-refractivity contribution in [1.82, 2.24) is 19.6 Å². The Kier molecular flexibility index (Phi) is 14.7. The minimum absolute atomic E-state index is 0. The number of phenolic OH excluding ortho intramolecular Hbond substituents is 2. The molecule has 0 bridgehead atoms. The summed E-state index contributed by atoms with van der Waals surface area (Å²) in [6.45, 7) is 3.45. The van der Waals surface area contributed by atoms with Crippen LogP contribution in [0.1, 0.15) is 46.0 Å². The fourth-order valence-electron chi connectivity index (χ4n) is 4.99.